The van der Waals surface area contributed by atoms with Gasteiger partial charge in [0.25, 0.3) is 0 Å². The first-order valence-corrected chi connectivity index (χ1v) is 36.0. The number of carboxylic acid groups (broad SMARTS) is 1. The molecular formula is C69H111F3N16O20. The number of carbonyl (C=O) groups is 14. The largest absolute Gasteiger partial charge is 0.490 e. The van der Waals surface area contributed by atoms with E-state index in [4.69, 9.17) is 31.8 Å². The van der Waals surface area contributed by atoms with Crippen LogP contribution in [0.4, 0.5) is 18.0 Å². The molecule has 0 radical (unpaired) electrons. The molecule has 15 atom stereocenters. The average molecular weight is 1540 g/mol. The van der Waals surface area contributed by atoms with Gasteiger partial charge in [-0.1, -0.05) is 130 Å². The summed E-state index contributed by atoms with van der Waals surface area (Å²) in [6.07, 6.45) is -5.87. The van der Waals surface area contributed by atoms with Gasteiger partial charge in [0.15, 0.2) is 12.1 Å². The van der Waals surface area contributed by atoms with E-state index in [0.717, 1.165) is 45.4 Å². The van der Waals surface area contributed by atoms with Gasteiger partial charge in [-0.3, -0.25) is 62.5 Å². The number of benzene rings is 1. The minimum Gasteiger partial charge on any atom is -0.475 e. The van der Waals surface area contributed by atoms with Crippen molar-refractivity contribution >= 4 is 88.9 Å². The molecule has 3 fully saturated rings. The summed E-state index contributed by atoms with van der Waals surface area (Å²) in [5.74, 6) is -19.4. The van der Waals surface area contributed by atoms with Gasteiger partial charge in [-0.15, -0.1) is 0 Å². The Balaban J connectivity index is 0.00000410. The normalized spacial score (nSPS) is 24.3. The summed E-state index contributed by atoms with van der Waals surface area (Å²) in [5, 5.41) is 81.8. The van der Waals surface area contributed by atoms with E-state index >= 15 is 14.4 Å². The lowest BCUT2D eigenvalue weighted by Crippen LogP contribution is -2.65. The molecule has 0 bridgehead atoms. The number of guanidine groups is 1. The quantitative estimate of drug-likeness (QED) is 0.0287. The molecular weight excluding hydrogens is 1430 g/mol. The maximum absolute atomic E-state index is 15.8. The number of ether oxygens (including phenoxy) is 1. The van der Waals surface area contributed by atoms with E-state index in [9.17, 15) is 81.5 Å². The average Bonchev–Trinajstić information content (AvgIpc) is 0.851. The number of nitrogens with two attached hydrogens (primary N) is 3. The molecule has 2 aliphatic carbocycles. The van der Waals surface area contributed by atoms with Crippen LogP contribution in [0.25, 0.3) is 0 Å². The van der Waals surface area contributed by atoms with Crippen molar-refractivity contribution < 1.29 is 111 Å². The number of carboxylic acids is 1. The maximum atomic E-state index is 15.8. The Morgan fingerprint density at radius 1 is 0.611 bits per heavy atom. The molecule has 13 amide bonds. The van der Waals surface area contributed by atoms with Crippen molar-refractivity contribution in [1.82, 2.24) is 63.8 Å². The highest BCUT2D eigenvalue weighted by molar-refractivity contribution is 6.01. The Morgan fingerprint density at radius 3 is 1.59 bits per heavy atom. The van der Waals surface area contributed by atoms with E-state index in [1.807, 2.05) is 5.32 Å². The van der Waals surface area contributed by atoms with Gasteiger partial charge in [0.05, 0.1) is 31.4 Å². The second-order valence-corrected chi connectivity index (χ2v) is 29.1. The van der Waals surface area contributed by atoms with Crippen LogP contribution in [0.3, 0.4) is 0 Å². The molecule has 23 N–H and O–H groups in total. The number of aliphatic carboxylic acids is 1. The van der Waals surface area contributed by atoms with E-state index in [0.29, 0.717) is 12.8 Å². The lowest BCUT2D eigenvalue weighted by atomic mass is 9.93. The van der Waals surface area contributed by atoms with Crippen LogP contribution in [-0.2, 0) is 67.1 Å². The van der Waals surface area contributed by atoms with E-state index in [2.05, 4.69) is 63.5 Å². The maximum Gasteiger partial charge on any atom is 0.490 e. The minimum absolute atomic E-state index is 0.00995. The van der Waals surface area contributed by atoms with Crippen LogP contribution < -0.4 is 81.0 Å². The molecule has 108 heavy (non-hydrogen) atoms. The topological polar surface area (TPSA) is 584 Å². The molecule has 1 saturated heterocycles. The number of alkyl carbamates (subject to hydrolysis) is 1. The molecule has 0 unspecified atom stereocenters. The van der Waals surface area contributed by atoms with Crippen LogP contribution >= 0.6 is 0 Å². The summed E-state index contributed by atoms with van der Waals surface area (Å²) >= 11 is 0. The lowest BCUT2D eigenvalue weighted by molar-refractivity contribution is -0.192. The molecule has 39 heteroatoms. The van der Waals surface area contributed by atoms with Crippen LogP contribution in [0.15, 0.2) is 35.3 Å². The molecule has 2 saturated carbocycles. The van der Waals surface area contributed by atoms with Crippen LogP contribution in [0.2, 0.25) is 0 Å². The Bertz CT molecular complexity index is 3260. The number of rotatable bonds is 24. The van der Waals surface area contributed by atoms with E-state index < -0.39 is 210 Å². The number of primary amides is 1. The number of carbonyl (C=O) groups excluding carboxylic acids is 13. The van der Waals surface area contributed by atoms with Crippen molar-refractivity contribution in [3.05, 3.63) is 35.9 Å². The fourth-order valence-corrected chi connectivity index (χ4v) is 12.1. The number of halogens is 3. The van der Waals surface area contributed by atoms with Gasteiger partial charge >= 0.3 is 18.2 Å². The fourth-order valence-electron chi connectivity index (χ4n) is 12.1. The smallest absolute Gasteiger partial charge is 0.475 e. The highest BCUT2D eigenvalue weighted by atomic mass is 19.4. The van der Waals surface area contributed by atoms with Gasteiger partial charge in [-0.25, -0.2) is 9.59 Å². The number of hydrogen-bond donors (Lipinski definition) is 20. The summed E-state index contributed by atoms with van der Waals surface area (Å²) in [6, 6.07) is -12.4. The number of aliphatic hydroxyl groups is 4. The summed E-state index contributed by atoms with van der Waals surface area (Å²) in [4.78, 5) is 200. The van der Waals surface area contributed by atoms with Crippen LogP contribution in [0.1, 0.15) is 171 Å². The zero-order chi connectivity index (χ0) is 81.7. The highest BCUT2D eigenvalue weighted by Gasteiger charge is 2.44. The van der Waals surface area contributed by atoms with Crippen molar-refractivity contribution in [2.24, 2.45) is 51.8 Å². The number of nitrogens with zero attached hydrogens (tertiary/aromatic N) is 1. The summed E-state index contributed by atoms with van der Waals surface area (Å²) in [7, 11) is 0. The minimum atomic E-state index is -5.08. The van der Waals surface area contributed by atoms with Crippen molar-refractivity contribution in [2.45, 2.75) is 256 Å². The van der Waals surface area contributed by atoms with Crippen molar-refractivity contribution in [3.8, 4) is 0 Å². The molecule has 1 aliphatic heterocycles. The number of alkyl halides is 3. The molecule has 3 aliphatic rings. The third kappa shape index (κ3) is 31.4. The third-order valence-corrected chi connectivity index (χ3v) is 18.2. The number of nitrogens with one attached hydrogen (secondary N) is 12. The van der Waals surface area contributed by atoms with Crippen molar-refractivity contribution in [1.29, 1.82) is 0 Å². The van der Waals surface area contributed by atoms with E-state index in [1.165, 1.54) is 38.1 Å². The predicted octanol–water partition coefficient (Wildman–Crippen LogP) is -2.59. The number of amides is 13. The van der Waals surface area contributed by atoms with E-state index in [1.54, 1.807) is 54.5 Å². The monoisotopic (exact) mass is 1540 g/mol. The zero-order valence-corrected chi connectivity index (χ0v) is 62.6. The van der Waals surface area contributed by atoms with Crippen LogP contribution in [-0.4, -0.2) is 225 Å². The van der Waals surface area contributed by atoms with Gasteiger partial charge in [0, 0.05) is 6.54 Å². The molecule has 1 aromatic carbocycles. The first-order valence-electron chi connectivity index (χ1n) is 36.0. The molecule has 4 rings (SSSR count). The Labute approximate surface area is 624 Å². The van der Waals surface area contributed by atoms with Gasteiger partial charge in [-0.05, 0) is 95.0 Å². The van der Waals surface area contributed by atoms with Crippen LogP contribution in [0.5, 0.6) is 0 Å². The summed E-state index contributed by atoms with van der Waals surface area (Å²) in [6.45, 7) is 13.3. The fraction of sp³-hybridized carbons (Fsp3) is 0.696. The third-order valence-electron chi connectivity index (χ3n) is 18.2. The highest BCUT2D eigenvalue weighted by Crippen LogP contribution is 2.31. The first kappa shape index (κ1) is 92.7. The molecule has 608 valence electrons. The number of aliphatic hydroxyl groups excluding tert-OH is 4. The first-order chi connectivity index (χ1) is 50.4. The summed E-state index contributed by atoms with van der Waals surface area (Å²) in [5.41, 5.74) is 15.6. The van der Waals surface area contributed by atoms with Crippen LogP contribution in [0, 0.1) is 29.6 Å². The zero-order valence-electron chi connectivity index (χ0n) is 62.6. The standard InChI is InChI=1S/C67H110N16O18.C2HF3O2/c1-11-35(6)46-61(96)80-47(36(7)85)60(95)72-31-45(86)78-51(53(88)54(68)89)64(99)76-44(32-84)59(94)81-48(39-24-13-12-14-25-39)49(82-58(93)42(29-37-20-15-16-21-37)74-57(92)43(30-38-22-17-18-23-38)77-66(100)101-67(8,9)10)62(97)83-50(52(87)34(4)5)63(98)75-41(28-33(2)3)56(91)73-40(55(90)79-46)26-19-27-71-65(69)70;3-2(4,5)1(6)7/h12-14,24-25,33-38,40-44,46-53,84-85,87-88H,11,15-23,26-32H2,1-10H3,(H2,68,89)(H,72,95)(H,73,91)(H,74,92)(H,75,98)(H,76,99)(H,77,100)(H,78,86)(H,79,90)(H,80,96)(H,81,94)(H,82,93)(H,83,97)(H4,69,70,71);(H,6,7)/t35-,36-,40+,41-,42-,43+,44-,46-,47-,48+,49-,50-,51-,52+,53-;/m0./s1. The SMILES string of the molecule is CC[C@H](C)[C@@H]1NC(=O)[C@@H](CCCN=C(N)N)NC(=O)[C@H](CC(C)C)NC(=O)[C@H]([C@H](O)C(C)C)NC(=O)[C@@H](NC(=O)[C@H](CC2CCCC2)NC(=O)[C@@H](CC2CCCC2)NC(=O)OC(C)(C)C)[C@@H](c2ccccc2)NC(=O)[C@H](CO)NC(=O)[C@H]([C@H](O)C(N)=O)NC(=O)CNC(=O)[C@H]([C@H](C)O)NC1=O.O=C(O)C(F)(F)F. The second-order valence-electron chi connectivity index (χ2n) is 29.1. The Hall–Kier alpha value is -9.50. The number of hydrogen-bond acceptors (Lipinski definition) is 20. The Kier molecular flexibility index (Phi) is 37.8. The molecule has 1 aromatic rings. The molecule has 0 aromatic heterocycles. The van der Waals surface area contributed by atoms with Gasteiger partial charge in [0.1, 0.15) is 66.0 Å². The molecule has 36 nitrogen and oxygen atoms in total. The summed E-state index contributed by atoms with van der Waals surface area (Å²) < 4.78 is 37.3. The Morgan fingerprint density at radius 2 is 1.10 bits per heavy atom. The van der Waals surface area contributed by atoms with Gasteiger partial charge in [-0.2, -0.15) is 13.2 Å². The second kappa shape index (κ2) is 44.1. The van der Waals surface area contributed by atoms with Crippen molar-refractivity contribution in [3.63, 3.8) is 0 Å². The number of aliphatic imine (C=N–C) groups is 1. The lowest BCUT2D eigenvalue weighted by Gasteiger charge is -2.34. The van der Waals surface area contributed by atoms with E-state index in [-0.39, 0.29) is 68.4 Å². The van der Waals surface area contributed by atoms with Gasteiger partial charge < -0.3 is 111 Å². The molecule has 0 spiro atoms. The van der Waals surface area contributed by atoms with Crippen molar-refractivity contribution in [2.75, 3.05) is 19.7 Å². The predicted molar refractivity (Wildman–Crippen MR) is 381 cm³/mol. The van der Waals surface area contributed by atoms with Gasteiger partial charge in [0.2, 0.25) is 70.9 Å². The molecule has 1 heterocycles.